The summed E-state index contributed by atoms with van der Waals surface area (Å²) in [7, 11) is -3.49. The fourth-order valence-corrected chi connectivity index (χ4v) is 0.883. The van der Waals surface area contributed by atoms with E-state index in [-0.39, 0.29) is 0 Å². The summed E-state index contributed by atoms with van der Waals surface area (Å²) < 4.78 is 21.7. The van der Waals surface area contributed by atoms with Gasteiger partial charge in [0.05, 0.1) is 0 Å². The second-order valence-electron chi connectivity index (χ2n) is 2.62. The molecule has 0 aliphatic heterocycles. The van der Waals surface area contributed by atoms with Gasteiger partial charge >= 0.3 is 5.97 Å². The average Bonchev–Trinajstić information content (AvgIpc) is 2.00. The summed E-state index contributed by atoms with van der Waals surface area (Å²) in [6.07, 6.45) is 0.897. The van der Waals surface area contributed by atoms with Crippen molar-refractivity contribution >= 4 is 21.7 Å². The van der Waals surface area contributed by atoms with Gasteiger partial charge in [0.2, 0.25) is 0 Å². The minimum Gasteiger partial charge on any atom is -0.479 e. The number of carbonyl (C=O) groups is 2. The monoisotopic (exact) mass is 225 g/mol. The van der Waals surface area contributed by atoms with E-state index >= 15 is 0 Å². The van der Waals surface area contributed by atoms with E-state index in [2.05, 4.69) is 4.84 Å². The van der Waals surface area contributed by atoms with Crippen LogP contribution >= 0.6 is 0 Å². The smallest absolute Gasteiger partial charge is 0.332 e. The van der Waals surface area contributed by atoms with Gasteiger partial charge in [-0.05, 0) is 6.92 Å². The lowest BCUT2D eigenvalue weighted by Crippen LogP contribution is -2.38. The molecule has 1 unspecified atom stereocenters. The number of carbonyl (C=O) groups excluding carboxylic acids is 1. The van der Waals surface area contributed by atoms with E-state index in [4.69, 9.17) is 5.11 Å². The molecule has 2 N–H and O–H groups in total. The molecule has 0 aromatic carbocycles. The third kappa shape index (κ3) is 4.77. The lowest BCUT2D eigenvalue weighted by Gasteiger charge is -2.08. The van der Waals surface area contributed by atoms with Crippen molar-refractivity contribution in [1.29, 1.82) is 0 Å². The lowest BCUT2D eigenvalue weighted by molar-refractivity contribution is -0.149. The van der Waals surface area contributed by atoms with Crippen LogP contribution < -0.4 is 5.48 Å². The Morgan fingerprint density at radius 3 is 2.36 bits per heavy atom. The standard InChI is InChI=1S/C6H11NO6S/c1-4(14(2,11)12)6(10)7-13-3-5(8)9/h4H,3H2,1-2H3,(H,7,10)(H,8,9). The molecule has 0 saturated carbocycles. The zero-order valence-corrected chi connectivity index (χ0v) is 8.50. The highest BCUT2D eigenvalue weighted by atomic mass is 32.2. The Bertz CT molecular complexity index is 321. The van der Waals surface area contributed by atoms with Crippen molar-refractivity contribution in [2.75, 3.05) is 12.9 Å². The maximum atomic E-state index is 11.0. The summed E-state index contributed by atoms with van der Waals surface area (Å²) in [5.41, 5.74) is 1.72. The summed E-state index contributed by atoms with van der Waals surface area (Å²) in [5.74, 6) is -2.16. The maximum Gasteiger partial charge on any atom is 0.332 e. The first-order valence-corrected chi connectivity index (χ1v) is 5.53. The predicted octanol–water partition coefficient (Wildman–Crippen LogP) is -1.45. The topological polar surface area (TPSA) is 110 Å². The normalized spacial score (nSPS) is 13.3. The highest BCUT2D eigenvalue weighted by Crippen LogP contribution is 1.97. The third-order valence-electron chi connectivity index (χ3n) is 1.38. The summed E-state index contributed by atoms with van der Waals surface area (Å²) in [4.78, 5) is 25.1. The van der Waals surface area contributed by atoms with Crippen LogP contribution in [0.25, 0.3) is 0 Å². The second-order valence-corrected chi connectivity index (χ2v) is 4.99. The summed E-state index contributed by atoms with van der Waals surface area (Å²) in [6, 6.07) is 0. The molecule has 0 bridgehead atoms. The Balaban J connectivity index is 4.04. The molecule has 0 aliphatic carbocycles. The number of rotatable bonds is 5. The number of sulfone groups is 1. The maximum absolute atomic E-state index is 11.0. The van der Waals surface area contributed by atoms with Crippen molar-refractivity contribution in [3.63, 3.8) is 0 Å². The molecule has 0 heterocycles. The van der Waals surface area contributed by atoms with Crippen molar-refractivity contribution in [2.24, 2.45) is 0 Å². The molecule has 0 aliphatic rings. The van der Waals surface area contributed by atoms with E-state index in [0.717, 1.165) is 6.26 Å². The first-order valence-electron chi connectivity index (χ1n) is 3.57. The average molecular weight is 225 g/mol. The van der Waals surface area contributed by atoms with Crippen LogP contribution in [0.1, 0.15) is 6.92 Å². The molecule has 0 radical (unpaired) electrons. The summed E-state index contributed by atoms with van der Waals surface area (Å²) >= 11 is 0. The van der Waals surface area contributed by atoms with Crippen LogP contribution in [0, 0.1) is 0 Å². The van der Waals surface area contributed by atoms with E-state index in [1.807, 2.05) is 0 Å². The summed E-state index contributed by atoms with van der Waals surface area (Å²) in [6.45, 7) is 0.455. The van der Waals surface area contributed by atoms with Crippen molar-refractivity contribution < 1.29 is 28.0 Å². The van der Waals surface area contributed by atoms with E-state index in [1.165, 1.54) is 6.92 Å². The molecule has 82 valence electrons. The van der Waals surface area contributed by atoms with Gasteiger partial charge in [0.15, 0.2) is 16.4 Å². The van der Waals surface area contributed by atoms with Gasteiger partial charge in [-0.25, -0.2) is 18.7 Å². The number of hydroxylamine groups is 1. The van der Waals surface area contributed by atoms with Crippen molar-refractivity contribution in [1.82, 2.24) is 5.48 Å². The number of nitrogens with one attached hydrogen (secondary N) is 1. The Morgan fingerprint density at radius 1 is 1.50 bits per heavy atom. The first kappa shape index (κ1) is 12.8. The van der Waals surface area contributed by atoms with Crippen LogP contribution in [0.5, 0.6) is 0 Å². The Labute approximate surface area is 80.9 Å². The van der Waals surface area contributed by atoms with E-state index < -0.39 is 33.6 Å². The van der Waals surface area contributed by atoms with Crippen LogP contribution in [-0.2, 0) is 24.3 Å². The van der Waals surface area contributed by atoms with Crippen LogP contribution in [0.15, 0.2) is 0 Å². The molecule has 0 spiro atoms. The van der Waals surface area contributed by atoms with Crippen molar-refractivity contribution in [3.05, 3.63) is 0 Å². The lowest BCUT2D eigenvalue weighted by atomic mass is 10.5. The molecule has 14 heavy (non-hydrogen) atoms. The first-order chi connectivity index (χ1) is 6.25. The van der Waals surface area contributed by atoms with E-state index in [9.17, 15) is 18.0 Å². The number of carboxylic acids is 1. The van der Waals surface area contributed by atoms with Gasteiger partial charge in [-0.15, -0.1) is 0 Å². The van der Waals surface area contributed by atoms with Gasteiger partial charge < -0.3 is 5.11 Å². The minimum atomic E-state index is -3.49. The largest absolute Gasteiger partial charge is 0.479 e. The van der Waals surface area contributed by atoms with Crippen molar-refractivity contribution in [3.8, 4) is 0 Å². The molecule has 0 aromatic heterocycles. The van der Waals surface area contributed by atoms with Gasteiger partial charge in [-0.1, -0.05) is 0 Å². The molecule has 0 rings (SSSR count). The molecular weight excluding hydrogens is 214 g/mol. The molecule has 1 atom stereocenters. The second kappa shape index (κ2) is 4.91. The molecule has 0 aromatic rings. The van der Waals surface area contributed by atoms with Crippen LogP contribution in [0.3, 0.4) is 0 Å². The molecular formula is C6H11NO6S. The van der Waals surface area contributed by atoms with E-state index in [1.54, 1.807) is 5.48 Å². The van der Waals surface area contributed by atoms with Gasteiger partial charge in [0.1, 0.15) is 5.25 Å². The van der Waals surface area contributed by atoms with E-state index in [0.29, 0.717) is 0 Å². The summed E-state index contributed by atoms with van der Waals surface area (Å²) in [5, 5.41) is 6.86. The number of carboxylic acid groups (broad SMARTS) is 1. The predicted molar refractivity (Wildman–Crippen MR) is 46.0 cm³/mol. The van der Waals surface area contributed by atoms with Gasteiger partial charge in [-0.3, -0.25) is 9.63 Å². The third-order valence-corrected chi connectivity index (χ3v) is 2.88. The number of amides is 1. The highest BCUT2D eigenvalue weighted by Gasteiger charge is 2.23. The minimum absolute atomic E-state index is 0.720. The Morgan fingerprint density at radius 2 is 2.00 bits per heavy atom. The van der Waals surface area contributed by atoms with Gasteiger partial charge in [0.25, 0.3) is 5.91 Å². The molecule has 7 nitrogen and oxygen atoms in total. The van der Waals surface area contributed by atoms with Crippen LogP contribution in [-0.4, -0.2) is 43.5 Å². The zero-order chi connectivity index (χ0) is 11.4. The highest BCUT2D eigenvalue weighted by molar-refractivity contribution is 7.92. The Kier molecular flexibility index (Phi) is 4.51. The fraction of sp³-hybridized carbons (Fsp3) is 0.667. The fourth-order valence-electron chi connectivity index (χ4n) is 0.446. The molecule has 8 heteroatoms. The molecule has 0 fully saturated rings. The van der Waals surface area contributed by atoms with Gasteiger partial charge in [-0.2, -0.15) is 0 Å². The van der Waals surface area contributed by atoms with Crippen molar-refractivity contribution in [2.45, 2.75) is 12.2 Å². The van der Waals surface area contributed by atoms with Crippen LogP contribution in [0.4, 0.5) is 0 Å². The molecule has 0 saturated heterocycles. The van der Waals surface area contributed by atoms with Gasteiger partial charge in [0, 0.05) is 6.26 Å². The molecule has 1 amide bonds. The Hall–Kier alpha value is -1.15. The number of hydrogen-bond acceptors (Lipinski definition) is 5. The number of aliphatic carboxylic acids is 1. The zero-order valence-electron chi connectivity index (χ0n) is 7.68. The number of hydrogen-bond donors (Lipinski definition) is 2. The van der Waals surface area contributed by atoms with Crippen LogP contribution in [0.2, 0.25) is 0 Å². The SMILES string of the molecule is CC(C(=O)NOCC(=O)O)S(C)(=O)=O. The quantitative estimate of drug-likeness (QED) is 0.554.